The summed E-state index contributed by atoms with van der Waals surface area (Å²) in [6.07, 6.45) is 0. The number of carbonyl (C=O) groups excluding carboxylic acids is 2. The first kappa shape index (κ1) is 20.5. The SMILES string of the molecule is COCCOC(=O)C1=C(C)N(Cc2ccccc2)C(=O)NC1c1ccccc1F. The van der Waals surface area contributed by atoms with Gasteiger partial charge in [0.1, 0.15) is 12.4 Å². The van der Waals surface area contributed by atoms with E-state index in [-0.39, 0.29) is 30.9 Å². The molecule has 0 radical (unpaired) electrons. The van der Waals surface area contributed by atoms with Crippen LogP contribution in [0.15, 0.2) is 65.9 Å². The van der Waals surface area contributed by atoms with Crippen molar-refractivity contribution in [2.45, 2.75) is 19.5 Å². The summed E-state index contributed by atoms with van der Waals surface area (Å²) in [6.45, 7) is 2.24. The fraction of sp³-hybridized carbons (Fsp3) is 0.273. The summed E-state index contributed by atoms with van der Waals surface area (Å²) in [4.78, 5) is 27.1. The van der Waals surface area contributed by atoms with Crippen LogP contribution in [0.2, 0.25) is 0 Å². The summed E-state index contributed by atoms with van der Waals surface area (Å²) in [5.74, 6) is -1.13. The Labute approximate surface area is 168 Å². The second-order valence-corrected chi connectivity index (χ2v) is 6.60. The minimum Gasteiger partial charge on any atom is -0.460 e. The number of allylic oxidation sites excluding steroid dienone is 1. The minimum atomic E-state index is -0.939. The number of halogens is 1. The number of nitrogens with one attached hydrogen (secondary N) is 1. The summed E-state index contributed by atoms with van der Waals surface area (Å²) < 4.78 is 24.7. The number of amides is 2. The van der Waals surface area contributed by atoms with Crippen LogP contribution in [0.5, 0.6) is 0 Å². The van der Waals surface area contributed by atoms with E-state index in [0.29, 0.717) is 5.70 Å². The fourth-order valence-electron chi connectivity index (χ4n) is 3.24. The maximum Gasteiger partial charge on any atom is 0.338 e. The molecule has 1 unspecified atom stereocenters. The van der Waals surface area contributed by atoms with E-state index in [4.69, 9.17) is 9.47 Å². The Balaban J connectivity index is 2.00. The van der Waals surface area contributed by atoms with Crippen molar-refractivity contribution in [2.75, 3.05) is 20.3 Å². The molecule has 0 saturated heterocycles. The van der Waals surface area contributed by atoms with Gasteiger partial charge in [0.05, 0.1) is 24.8 Å². The topological polar surface area (TPSA) is 67.9 Å². The van der Waals surface area contributed by atoms with Crippen LogP contribution in [0.1, 0.15) is 24.1 Å². The molecule has 1 atom stereocenters. The standard InChI is InChI=1S/C22H23FN2O4/c1-15-19(21(26)29-13-12-28-2)20(17-10-6-7-11-18(17)23)24-22(27)25(15)14-16-8-4-3-5-9-16/h3-11,20H,12-14H2,1-2H3,(H,24,27). The van der Waals surface area contributed by atoms with Crippen LogP contribution >= 0.6 is 0 Å². The lowest BCUT2D eigenvalue weighted by atomic mass is 9.94. The van der Waals surface area contributed by atoms with Gasteiger partial charge in [-0.25, -0.2) is 14.0 Å². The second kappa shape index (κ2) is 9.34. The molecule has 152 valence electrons. The van der Waals surface area contributed by atoms with Crippen LogP contribution < -0.4 is 5.32 Å². The van der Waals surface area contributed by atoms with Gasteiger partial charge in [0.25, 0.3) is 0 Å². The van der Waals surface area contributed by atoms with E-state index in [9.17, 15) is 14.0 Å². The van der Waals surface area contributed by atoms with Gasteiger partial charge in [-0.2, -0.15) is 0 Å². The lowest BCUT2D eigenvalue weighted by Crippen LogP contribution is -2.47. The Morgan fingerprint density at radius 3 is 2.48 bits per heavy atom. The third kappa shape index (κ3) is 4.63. The highest BCUT2D eigenvalue weighted by atomic mass is 19.1. The fourth-order valence-corrected chi connectivity index (χ4v) is 3.24. The maximum absolute atomic E-state index is 14.5. The molecule has 1 heterocycles. The van der Waals surface area contributed by atoms with Crippen LogP contribution in [-0.4, -0.2) is 37.2 Å². The zero-order valence-electron chi connectivity index (χ0n) is 16.4. The van der Waals surface area contributed by atoms with Gasteiger partial charge in [0.15, 0.2) is 0 Å². The van der Waals surface area contributed by atoms with E-state index in [2.05, 4.69) is 5.32 Å². The van der Waals surface area contributed by atoms with Gasteiger partial charge in [0.2, 0.25) is 0 Å². The molecule has 0 aliphatic carbocycles. The van der Waals surface area contributed by atoms with Crippen molar-refractivity contribution in [1.82, 2.24) is 10.2 Å². The summed E-state index contributed by atoms with van der Waals surface area (Å²) in [5, 5.41) is 2.75. The molecule has 6 nitrogen and oxygen atoms in total. The highest BCUT2D eigenvalue weighted by molar-refractivity contribution is 5.95. The van der Waals surface area contributed by atoms with E-state index in [1.807, 2.05) is 30.3 Å². The highest BCUT2D eigenvalue weighted by Gasteiger charge is 2.37. The Morgan fingerprint density at radius 1 is 1.10 bits per heavy atom. The molecule has 1 aliphatic heterocycles. The lowest BCUT2D eigenvalue weighted by molar-refractivity contribution is -0.140. The van der Waals surface area contributed by atoms with Gasteiger partial charge in [-0.15, -0.1) is 0 Å². The van der Waals surface area contributed by atoms with Crippen LogP contribution in [0.3, 0.4) is 0 Å². The molecule has 0 saturated carbocycles. The van der Waals surface area contributed by atoms with E-state index in [1.54, 1.807) is 25.1 Å². The molecule has 7 heteroatoms. The number of nitrogens with zero attached hydrogens (tertiary/aromatic N) is 1. The molecular formula is C22H23FN2O4. The quantitative estimate of drug-likeness (QED) is 0.572. The highest BCUT2D eigenvalue weighted by Crippen LogP contribution is 2.33. The number of hydrogen-bond donors (Lipinski definition) is 1. The number of hydrogen-bond acceptors (Lipinski definition) is 4. The number of rotatable bonds is 7. The van der Waals surface area contributed by atoms with Gasteiger partial charge < -0.3 is 14.8 Å². The molecule has 29 heavy (non-hydrogen) atoms. The van der Waals surface area contributed by atoms with Crippen molar-refractivity contribution in [3.63, 3.8) is 0 Å². The predicted molar refractivity (Wildman–Crippen MR) is 105 cm³/mol. The van der Waals surface area contributed by atoms with Crippen molar-refractivity contribution in [1.29, 1.82) is 0 Å². The van der Waals surface area contributed by atoms with Crippen LogP contribution in [0.4, 0.5) is 9.18 Å². The summed E-state index contributed by atoms with van der Waals surface area (Å²) in [6, 6.07) is 14.1. The summed E-state index contributed by atoms with van der Waals surface area (Å²) >= 11 is 0. The number of esters is 1. The summed E-state index contributed by atoms with van der Waals surface area (Å²) in [5.41, 5.74) is 1.73. The van der Waals surface area contributed by atoms with Crippen molar-refractivity contribution in [3.05, 3.63) is 82.8 Å². The Kier molecular flexibility index (Phi) is 6.61. The van der Waals surface area contributed by atoms with Crippen LogP contribution in [-0.2, 0) is 20.8 Å². The molecule has 1 N–H and O–H groups in total. The molecule has 1 aliphatic rings. The van der Waals surface area contributed by atoms with Crippen LogP contribution in [0, 0.1) is 5.82 Å². The smallest absolute Gasteiger partial charge is 0.338 e. The number of methoxy groups -OCH3 is 1. The summed E-state index contributed by atoms with van der Waals surface area (Å²) in [7, 11) is 1.50. The van der Waals surface area contributed by atoms with E-state index < -0.39 is 23.9 Å². The van der Waals surface area contributed by atoms with E-state index >= 15 is 0 Å². The van der Waals surface area contributed by atoms with Crippen molar-refractivity contribution in [2.24, 2.45) is 0 Å². The maximum atomic E-state index is 14.5. The lowest BCUT2D eigenvalue weighted by Gasteiger charge is -2.35. The molecule has 2 aromatic carbocycles. The average molecular weight is 398 g/mol. The third-order valence-corrected chi connectivity index (χ3v) is 4.74. The van der Waals surface area contributed by atoms with Gasteiger partial charge in [-0.1, -0.05) is 48.5 Å². The molecule has 3 rings (SSSR count). The number of urea groups is 1. The molecular weight excluding hydrogens is 375 g/mol. The molecule has 2 amide bonds. The Bertz CT molecular complexity index is 914. The Morgan fingerprint density at radius 2 is 1.79 bits per heavy atom. The first-order chi connectivity index (χ1) is 14.0. The Hall–Kier alpha value is -3.19. The van der Waals surface area contributed by atoms with Crippen molar-refractivity contribution in [3.8, 4) is 0 Å². The van der Waals surface area contributed by atoms with E-state index in [0.717, 1.165) is 5.56 Å². The molecule has 0 fully saturated rings. The first-order valence-electron chi connectivity index (χ1n) is 9.26. The monoisotopic (exact) mass is 398 g/mol. The largest absolute Gasteiger partial charge is 0.460 e. The number of carbonyl (C=O) groups is 2. The van der Waals surface area contributed by atoms with Crippen molar-refractivity contribution < 1.29 is 23.5 Å². The predicted octanol–water partition coefficient (Wildman–Crippen LogP) is 3.56. The normalized spacial score (nSPS) is 16.6. The first-order valence-corrected chi connectivity index (χ1v) is 9.26. The van der Waals surface area contributed by atoms with Crippen molar-refractivity contribution >= 4 is 12.0 Å². The van der Waals surface area contributed by atoms with Gasteiger partial charge >= 0.3 is 12.0 Å². The molecule has 0 spiro atoms. The van der Waals surface area contributed by atoms with Gasteiger partial charge in [0, 0.05) is 18.4 Å². The second-order valence-electron chi connectivity index (χ2n) is 6.60. The van der Waals surface area contributed by atoms with Gasteiger partial charge in [-0.05, 0) is 18.6 Å². The number of benzene rings is 2. The van der Waals surface area contributed by atoms with Gasteiger partial charge in [-0.3, -0.25) is 4.90 Å². The number of ether oxygens (including phenoxy) is 2. The zero-order chi connectivity index (χ0) is 20.8. The zero-order valence-corrected chi connectivity index (χ0v) is 16.4. The minimum absolute atomic E-state index is 0.0583. The molecule has 0 aromatic heterocycles. The molecule has 0 bridgehead atoms. The average Bonchev–Trinajstić information content (AvgIpc) is 2.72. The third-order valence-electron chi connectivity index (χ3n) is 4.74. The van der Waals surface area contributed by atoms with Crippen LogP contribution in [0.25, 0.3) is 0 Å². The molecule has 2 aromatic rings. The van der Waals surface area contributed by atoms with E-state index in [1.165, 1.54) is 18.1 Å².